The third kappa shape index (κ3) is 4.62. The molecule has 0 aliphatic carbocycles. The smallest absolute Gasteiger partial charge is 0.317 e. The lowest BCUT2D eigenvalue weighted by Gasteiger charge is -2.11. The normalized spacial score (nSPS) is 15.4. The number of amides is 2. The van der Waals surface area contributed by atoms with Gasteiger partial charge in [0.15, 0.2) is 0 Å². The molecule has 0 unspecified atom stereocenters. The van der Waals surface area contributed by atoms with E-state index in [-0.39, 0.29) is 19.0 Å². The molecule has 0 radical (unpaired) electrons. The third-order valence-corrected chi connectivity index (χ3v) is 1.49. The van der Waals surface area contributed by atoms with E-state index in [4.69, 9.17) is 10.8 Å². The fourth-order valence-electron chi connectivity index (χ4n) is 0.740. The Balaban J connectivity index is 0.000000385. The first-order valence-corrected chi connectivity index (χ1v) is 4.43. The van der Waals surface area contributed by atoms with Crippen LogP contribution in [0.15, 0.2) is 4.99 Å². The van der Waals surface area contributed by atoms with Crippen LogP contribution in [-0.4, -0.2) is 53.3 Å². The zero-order valence-electron chi connectivity index (χ0n) is 8.79. The van der Waals surface area contributed by atoms with Gasteiger partial charge in [0.2, 0.25) is 0 Å². The molecule has 0 fully saturated rings. The predicted molar refractivity (Wildman–Crippen MR) is 55.6 cm³/mol. The molecular formula is C8H14N4O4. The van der Waals surface area contributed by atoms with Gasteiger partial charge in [-0.1, -0.05) is 0 Å². The van der Waals surface area contributed by atoms with Crippen molar-refractivity contribution in [1.29, 1.82) is 0 Å². The summed E-state index contributed by atoms with van der Waals surface area (Å²) in [7, 11) is 0. The summed E-state index contributed by atoms with van der Waals surface area (Å²) in [6.45, 7) is 1.31. The molecule has 0 spiro atoms. The Bertz CT molecular complexity index is 313. The van der Waals surface area contributed by atoms with Crippen molar-refractivity contribution < 1.29 is 19.5 Å². The highest BCUT2D eigenvalue weighted by Gasteiger charge is 2.25. The molecule has 0 aromatic heterocycles. The summed E-state index contributed by atoms with van der Waals surface area (Å²) in [5, 5.41) is 7.60. The molecule has 0 saturated carbocycles. The highest BCUT2D eigenvalue weighted by Crippen LogP contribution is 1.97. The molecule has 8 nitrogen and oxygen atoms in total. The second-order valence-electron chi connectivity index (χ2n) is 2.94. The van der Waals surface area contributed by atoms with Crippen LogP contribution in [0.5, 0.6) is 0 Å². The maximum Gasteiger partial charge on any atom is 0.317 e. The average molecular weight is 230 g/mol. The number of hydrogen-bond acceptors (Lipinski definition) is 6. The van der Waals surface area contributed by atoms with Crippen molar-refractivity contribution in [2.75, 3.05) is 13.1 Å². The molecule has 1 aliphatic heterocycles. The Morgan fingerprint density at radius 1 is 1.69 bits per heavy atom. The molecule has 90 valence electrons. The first kappa shape index (κ1) is 14.2. The van der Waals surface area contributed by atoms with E-state index < -0.39 is 17.9 Å². The summed E-state index contributed by atoms with van der Waals surface area (Å²) in [6.07, 6.45) is 1.22. The summed E-state index contributed by atoms with van der Waals surface area (Å²) < 4.78 is 0. The average Bonchev–Trinajstić information content (AvgIpc) is 2.64. The lowest BCUT2D eigenvalue weighted by molar-refractivity contribution is -0.138. The number of imide groups is 1. The Kier molecular flexibility index (Phi) is 5.89. The van der Waals surface area contributed by atoms with Crippen LogP contribution in [0.25, 0.3) is 0 Å². The van der Waals surface area contributed by atoms with Gasteiger partial charge in [0, 0.05) is 0 Å². The number of carboxylic acids is 1. The van der Waals surface area contributed by atoms with Crippen LogP contribution < -0.4 is 11.5 Å². The second-order valence-corrected chi connectivity index (χ2v) is 2.94. The van der Waals surface area contributed by atoms with Crippen molar-refractivity contribution in [1.82, 2.24) is 4.90 Å². The van der Waals surface area contributed by atoms with Gasteiger partial charge in [0.05, 0.1) is 18.9 Å². The molecular weight excluding hydrogens is 216 g/mol. The standard InChI is InChI=1S/C6H9N3O2.C2H5NO2/c1-4(7)6(11)9-3-8-2-5(9)10;3-1-2(4)5/h3-4H,2,7H2,1H3;1,3H2,(H,4,5)/t4-;/m0./s1. The molecule has 5 N–H and O–H groups in total. The number of hydrogen-bond donors (Lipinski definition) is 3. The van der Waals surface area contributed by atoms with Crippen LogP contribution in [0.2, 0.25) is 0 Å². The van der Waals surface area contributed by atoms with E-state index in [9.17, 15) is 14.4 Å². The summed E-state index contributed by atoms with van der Waals surface area (Å²) in [4.78, 5) is 35.7. The van der Waals surface area contributed by atoms with E-state index in [1.54, 1.807) is 0 Å². The number of carbonyl (C=O) groups excluding carboxylic acids is 2. The quantitative estimate of drug-likeness (QED) is 0.490. The summed E-state index contributed by atoms with van der Waals surface area (Å²) in [5.74, 6) is -1.69. The van der Waals surface area contributed by atoms with Crippen LogP contribution in [-0.2, 0) is 14.4 Å². The number of aliphatic imine (C=N–C) groups is 1. The monoisotopic (exact) mass is 230 g/mol. The molecule has 0 aromatic rings. The van der Waals surface area contributed by atoms with Crippen molar-refractivity contribution in [2.45, 2.75) is 13.0 Å². The van der Waals surface area contributed by atoms with E-state index in [0.717, 1.165) is 4.90 Å². The third-order valence-electron chi connectivity index (χ3n) is 1.49. The molecule has 0 bridgehead atoms. The fourth-order valence-corrected chi connectivity index (χ4v) is 0.740. The number of nitrogens with zero attached hydrogens (tertiary/aromatic N) is 2. The van der Waals surface area contributed by atoms with Gasteiger partial charge >= 0.3 is 5.97 Å². The van der Waals surface area contributed by atoms with Crippen molar-refractivity contribution in [3.8, 4) is 0 Å². The van der Waals surface area contributed by atoms with Crippen LogP contribution in [0, 0.1) is 0 Å². The van der Waals surface area contributed by atoms with E-state index in [2.05, 4.69) is 10.7 Å². The molecule has 1 aliphatic rings. The van der Waals surface area contributed by atoms with Gasteiger partial charge in [-0.05, 0) is 6.92 Å². The zero-order chi connectivity index (χ0) is 12.7. The van der Waals surface area contributed by atoms with Gasteiger partial charge in [0.1, 0.15) is 6.54 Å². The molecule has 0 saturated heterocycles. The second kappa shape index (κ2) is 6.64. The van der Waals surface area contributed by atoms with Crippen molar-refractivity contribution in [3.63, 3.8) is 0 Å². The maximum atomic E-state index is 11.0. The molecule has 16 heavy (non-hydrogen) atoms. The topological polar surface area (TPSA) is 139 Å². The Hall–Kier alpha value is -1.80. The van der Waals surface area contributed by atoms with Crippen LogP contribution in [0.3, 0.4) is 0 Å². The molecule has 0 aromatic carbocycles. The van der Waals surface area contributed by atoms with E-state index >= 15 is 0 Å². The zero-order valence-corrected chi connectivity index (χ0v) is 8.79. The van der Waals surface area contributed by atoms with Gasteiger partial charge in [-0.15, -0.1) is 0 Å². The van der Waals surface area contributed by atoms with Crippen molar-refractivity contribution in [3.05, 3.63) is 0 Å². The van der Waals surface area contributed by atoms with Crippen molar-refractivity contribution in [2.24, 2.45) is 16.5 Å². The van der Waals surface area contributed by atoms with Gasteiger partial charge in [-0.25, -0.2) is 4.90 Å². The minimum Gasteiger partial charge on any atom is -0.480 e. The van der Waals surface area contributed by atoms with E-state index in [0.29, 0.717) is 0 Å². The molecule has 1 heterocycles. The van der Waals surface area contributed by atoms with Gasteiger partial charge < -0.3 is 16.6 Å². The Labute approximate surface area is 91.9 Å². The molecule has 2 amide bonds. The number of carboxylic acid groups (broad SMARTS) is 1. The minimum atomic E-state index is -0.968. The highest BCUT2D eigenvalue weighted by atomic mass is 16.4. The summed E-state index contributed by atoms with van der Waals surface area (Å²) >= 11 is 0. The largest absolute Gasteiger partial charge is 0.480 e. The highest BCUT2D eigenvalue weighted by molar-refractivity contribution is 6.10. The Morgan fingerprint density at radius 3 is 2.44 bits per heavy atom. The fraction of sp³-hybridized carbons (Fsp3) is 0.500. The number of carbonyl (C=O) groups is 3. The summed E-state index contributed by atoms with van der Waals surface area (Å²) in [6, 6.07) is -0.650. The molecule has 1 atom stereocenters. The Morgan fingerprint density at radius 2 is 2.19 bits per heavy atom. The number of nitrogens with two attached hydrogens (primary N) is 2. The summed E-state index contributed by atoms with van der Waals surface area (Å²) in [5.41, 5.74) is 9.84. The first-order chi connectivity index (χ1) is 7.40. The van der Waals surface area contributed by atoms with Gasteiger partial charge in [-0.3, -0.25) is 19.4 Å². The first-order valence-electron chi connectivity index (χ1n) is 4.43. The number of rotatable bonds is 2. The van der Waals surface area contributed by atoms with Gasteiger partial charge in [-0.2, -0.15) is 0 Å². The van der Waals surface area contributed by atoms with Crippen LogP contribution in [0.1, 0.15) is 6.92 Å². The lowest BCUT2D eigenvalue weighted by atomic mass is 10.3. The lowest BCUT2D eigenvalue weighted by Crippen LogP contribution is -2.42. The molecule has 1 rings (SSSR count). The molecule has 8 heteroatoms. The van der Waals surface area contributed by atoms with Crippen LogP contribution >= 0.6 is 0 Å². The maximum absolute atomic E-state index is 11.0. The SMILES string of the molecule is C[C@H](N)C(=O)N1C=NCC1=O.NCC(=O)O. The van der Waals surface area contributed by atoms with E-state index in [1.807, 2.05) is 0 Å². The minimum absolute atomic E-state index is 0.0540. The van der Waals surface area contributed by atoms with Crippen molar-refractivity contribution >= 4 is 24.1 Å². The van der Waals surface area contributed by atoms with Gasteiger partial charge in [0.25, 0.3) is 11.8 Å². The van der Waals surface area contributed by atoms with E-state index in [1.165, 1.54) is 13.3 Å². The van der Waals surface area contributed by atoms with Crippen LogP contribution in [0.4, 0.5) is 0 Å². The number of aliphatic carboxylic acids is 1. The predicted octanol–water partition coefficient (Wildman–Crippen LogP) is -2.24.